The molecule has 104 valence electrons. The van der Waals surface area contributed by atoms with Gasteiger partial charge in [-0.2, -0.15) is 5.26 Å². The second-order valence-corrected chi connectivity index (χ2v) is 5.77. The number of nitrogens with two attached hydrogens (primary N) is 1. The van der Waals surface area contributed by atoms with Crippen molar-refractivity contribution < 1.29 is 4.74 Å². The van der Waals surface area contributed by atoms with Crippen molar-refractivity contribution in [3.8, 4) is 11.8 Å². The molecule has 0 heterocycles. The molecule has 0 aliphatic rings. The number of hydrogen-bond donors (Lipinski definition) is 1. The number of nitrogen functional groups attached to an aromatic ring is 1. The normalized spacial score (nSPS) is 10.2. The molecule has 2 N–H and O–H groups in total. The minimum Gasteiger partial charge on any atom is -0.490 e. The highest BCUT2D eigenvalue weighted by molar-refractivity contribution is 14.1. The first-order chi connectivity index (χ1) is 9.19. The molecule has 3 nitrogen and oxygen atoms in total. The van der Waals surface area contributed by atoms with Gasteiger partial charge >= 0.3 is 0 Å². The highest BCUT2D eigenvalue weighted by atomic mass is 127. The molecule has 0 spiro atoms. The summed E-state index contributed by atoms with van der Waals surface area (Å²) in [5.41, 5.74) is 7.03. The van der Waals surface area contributed by atoms with Crippen LogP contribution in [0.1, 0.15) is 51.0 Å². The standard InChI is InChI=1S/C15H21IN2O/c1-2-3-4-5-6-7-8-19-15-13(16)9-12(11-17)10-14(15)18/h9-10H,2-8,18H2,1H3. The number of nitrogens with zero attached hydrogens (tertiary/aromatic N) is 1. The van der Waals surface area contributed by atoms with Gasteiger partial charge in [0.15, 0.2) is 5.75 Å². The predicted molar refractivity (Wildman–Crippen MR) is 87.2 cm³/mol. The third kappa shape index (κ3) is 5.68. The number of anilines is 1. The van der Waals surface area contributed by atoms with E-state index < -0.39 is 0 Å². The van der Waals surface area contributed by atoms with Crippen LogP contribution in [-0.4, -0.2) is 6.61 Å². The lowest BCUT2D eigenvalue weighted by molar-refractivity contribution is 0.304. The first-order valence-electron chi connectivity index (χ1n) is 6.81. The summed E-state index contributed by atoms with van der Waals surface area (Å²) >= 11 is 2.16. The minimum absolute atomic E-state index is 0.550. The van der Waals surface area contributed by atoms with Gasteiger partial charge in [-0.3, -0.25) is 0 Å². The molecular formula is C15H21IN2O. The summed E-state index contributed by atoms with van der Waals surface area (Å²) in [6.07, 6.45) is 7.44. The summed E-state index contributed by atoms with van der Waals surface area (Å²) in [6.45, 7) is 2.91. The third-order valence-corrected chi connectivity index (χ3v) is 3.75. The van der Waals surface area contributed by atoms with Gasteiger partial charge in [0.25, 0.3) is 0 Å². The van der Waals surface area contributed by atoms with E-state index in [0.29, 0.717) is 23.6 Å². The van der Waals surface area contributed by atoms with Gasteiger partial charge in [0, 0.05) is 0 Å². The zero-order valence-electron chi connectivity index (χ0n) is 11.4. The number of rotatable bonds is 8. The Bertz CT molecular complexity index is 417. The van der Waals surface area contributed by atoms with Crippen LogP contribution in [-0.2, 0) is 0 Å². The Kier molecular flexibility index (Phi) is 7.65. The quantitative estimate of drug-likeness (QED) is 0.416. The molecule has 0 aliphatic carbocycles. The lowest BCUT2D eigenvalue weighted by atomic mass is 10.1. The highest BCUT2D eigenvalue weighted by Crippen LogP contribution is 2.29. The Labute approximate surface area is 129 Å². The van der Waals surface area contributed by atoms with E-state index in [-0.39, 0.29) is 0 Å². The second kappa shape index (κ2) is 9.03. The van der Waals surface area contributed by atoms with Crippen molar-refractivity contribution in [2.75, 3.05) is 12.3 Å². The Morgan fingerprint density at radius 3 is 2.53 bits per heavy atom. The van der Waals surface area contributed by atoms with E-state index in [0.717, 1.165) is 9.99 Å². The maximum Gasteiger partial charge on any atom is 0.155 e. The summed E-state index contributed by atoms with van der Waals surface area (Å²) < 4.78 is 6.63. The van der Waals surface area contributed by atoms with E-state index in [4.69, 9.17) is 15.7 Å². The molecule has 0 bridgehead atoms. The van der Waals surface area contributed by atoms with E-state index in [2.05, 4.69) is 35.6 Å². The van der Waals surface area contributed by atoms with Crippen molar-refractivity contribution in [3.05, 3.63) is 21.3 Å². The lowest BCUT2D eigenvalue weighted by Gasteiger charge is -2.11. The van der Waals surface area contributed by atoms with E-state index in [1.54, 1.807) is 12.1 Å². The van der Waals surface area contributed by atoms with Crippen molar-refractivity contribution in [2.45, 2.75) is 45.4 Å². The molecule has 0 unspecified atom stereocenters. The highest BCUT2D eigenvalue weighted by Gasteiger charge is 2.08. The SMILES string of the molecule is CCCCCCCCOc1c(N)cc(C#N)cc1I. The van der Waals surface area contributed by atoms with Gasteiger partial charge in [-0.25, -0.2) is 0 Å². The zero-order chi connectivity index (χ0) is 14.1. The fraction of sp³-hybridized carbons (Fsp3) is 0.533. The minimum atomic E-state index is 0.550. The summed E-state index contributed by atoms with van der Waals surface area (Å²) in [4.78, 5) is 0. The molecule has 0 fully saturated rings. The molecule has 0 atom stereocenters. The number of halogens is 1. The van der Waals surface area contributed by atoms with Crippen LogP contribution in [0.3, 0.4) is 0 Å². The second-order valence-electron chi connectivity index (χ2n) is 4.60. The molecule has 1 rings (SSSR count). The number of unbranched alkanes of at least 4 members (excludes halogenated alkanes) is 5. The Hall–Kier alpha value is -0.960. The third-order valence-electron chi connectivity index (χ3n) is 2.95. The van der Waals surface area contributed by atoms with Gasteiger partial charge in [0.2, 0.25) is 0 Å². The van der Waals surface area contributed by atoms with Crippen molar-refractivity contribution in [2.24, 2.45) is 0 Å². The van der Waals surface area contributed by atoms with Crippen molar-refractivity contribution in [1.29, 1.82) is 5.26 Å². The Morgan fingerprint density at radius 2 is 1.89 bits per heavy atom. The van der Waals surface area contributed by atoms with E-state index in [9.17, 15) is 0 Å². The summed E-state index contributed by atoms with van der Waals surface area (Å²) in [5, 5.41) is 8.84. The number of nitriles is 1. The summed E-state index contributed by atoms with van der Waals surface area (Å²) in [5.74, 6) is 0.716. The molecule has 0 aliphatic heterocycles. The van der Waals surface area contributed by atoms with Crippen LogP contribution in [0.5, 0.6) is 5.75 Å². The Morgan fingerprint density at radius 1 is 1.21 bits per heavy atom. The van der Waals surface area contributed by atoms with Crippen LogP contribution in [0.15, 0.2) is 12.1 Å². The lowest BCUT2D eigenvalue weighted by Crippen LogP contribution is -2.02. The van der Waals surface area contributed by atoms with Crippen LogP contribution >= 0.6 is 22.6 Å². The molecule has 0 aromatic heterocycles. The first-order valence-corrected chi connectivity index (χ1v) is 7.88. The fourth-order valence-corrected chi connectivity index (χ4v) is 2.69. The average molecular weight is 372 g/mol. The first kappa shape index (κ1) is 16.1. The summed E-state index contributed by atoms with van der Waals surface area (Å²) in [7, 11) is 0. The topological polar surface area (TPSA) is 59.0 Å². The van der Waals surface area contributed by atoms with Crippen molar-refractivity contribution in [3.63, 3.8) is 0 Å². The molecule has 0 saturated carbocycles. The van der Waals surface area contributed by atoms with Gasteiger partial charge in [0.05, 0.1) is 27.5 Å². The van der Waals surface area contributed by atoms with Gasteiger partial charge in [-0.1, -0.05) is 39.0 Å². The van der Waals surface area contributed by atoms with Crippen LogP contribution in [0.2, 0.25) is 0 Å². The van der Waals surface area contributed by atoms with E-state index in [1.807, 2.05) is 0 Å². The number of ether oxygens (including phenoxy) is 1. The molecule has 1 aromatic rings. The van der Waals surface area contributed by atoms with Crippen LogP contribution < -0.4 is 10.5 Å². The molecule has 0 amide bonds. The zero-order valence-corrected chi connectivity index (χ0v) is 13.6. The van der Waals surface area contributed by atoms with Crippen LogP contribution in [0, 0.1) is 14.9 Å². The molecule has 0 radical (unpaired) electrons. The van der Waals surface area contributed by atoms with E-state index in [1.165, 1.54) is 32.1 Å². The van der Waals surface area contributed by atoms with Crippen molar-refractivity contribution >= 4 is 28.3 Å². The average Bonchev–Trinajstić information content (AvgIpc) is 2.40. The van der Waals surface area contributed by atoms with Gasteiger partial charge in [-0.15, -0.1) is 0 Å². The molecule has 1 aromatic carbocycles. The van der Waals surface area contributed by atoms with Crippen LogP contribution in [0.25, 0.3) is 0 Å². The van der Waals surface area contributed by atoms with Crippen LogP contribution in [0.4, 0.5) is 5.69 Å². The van der Waals surface area contributed by atoms with Gasteiger partial charge in [-0.05, 0) is 41.1 Å². The molecular weight excluding hydrogens is 351 g/mol. The molecule has 4 heteroatoms. The molecule has 0 saturated heterocycles. The van der Waals surface area contributed by atoms with Crippen molar-refractivity contribution in [1.82, 2.24) is 0 Å². The maximum absolute atomic E-state index is 8.84. The molecule has 19 heavy (non-hydrogen) atoms. The monoisotopic (exact) mass is 372 g/mol. The summed E-state index contributed by atoms with van der Waals surface area (Å²) in [6, 6.07) is 5.56. The van der Waals surface area contributed by atoms with Gasteiger partial charge < -0.3 is 10.5 Å². The number of benzene rings is 1. The predicted octanol–water partition coefficient (Wildman–Crippen LogP) is 4.48. The smallest absolute Gasteiger partial charge is 0.155 e. The van der Waals surface area contributed by atoms with E-state index >= 15 is 0 Å². The van der Waals surface area contributed by atoms with Gasteiger partial charge in [0.1, 0.15) is 0 Å². The maximum atomic E-state index is 8.84. The largest absolute Gasteiger partial charge is 0.490 e. The fourth-order valence-electron chi connectivity index (χ4n) is 1.89. The Balaban J connectivity index is 2.36. The number of hydrogen-bond acceptors (Lipinski definition) is 3.